The van der Waals surface area contributed by atoms with Gasteiger partial charge >= 0.3 is 5.97 Å². The summed E-state index contributed by atoms with van der Waals surface area (Å²) >= 11 is 0. The zero-order valence-electron chi connectivity index (χ0n) is 22.1. The van der Waals surface area contributed by atoms with Crippen LogP contribution >= 0.6 is 0 Å². The molecule has 2 rings (SSSR count). The van der Waals surface area contributed by atoms with Crippen LogP contribution in [0.4, 0.5) is 0 Å². The average molecular weight is 479 g/mol. The molecule has 0 fully saturated rings. The second kappa shape index (κ2) is 17.8. The van der Waals surface area contributed by atoms with E-state index in [9.17, 15) is 9.90 Å². The Morgan fingerprint density at radius 1 is 0.771 bits per heavy atom. The Kier molecular flexibility index (Phi) is 14.6. The van der Waals surface area contributed by atoms with E-state index in [-0.39, 0.29) is 0 Å². The van der Waals surface area contributed by atoms with Gasteiger partial charge in [-0.2, -0.15) is 0 Å². The van der Waals surface area contributed by atoms with Gasteiger partial charge in [0.15, 0.2) is 0 Å². The molecule has 0 amide bonds. The average Bonchev–Trinajstić information content (AvgIpc) is 2.87. The van der Waals surface area contributed by atoms with Crippen LogP contribution in [0, 0.1) is 0 Å². The molecule has 0 saturated carbocycles. The number of allylic oxidation sites excluding steroid dienone is 1. The van der Waals surface area contributed by atoms with Gasteiger partial charge in [-0.15, -0.1) is 0 Å². The van der Waals surface area contributed by atoms with Crippen molar-refractivity contribution in [2.45, 2.75) is 104 Å². The Labute approximate surface area is 213 Å². The Hall–Kier alpha value is -2.55. The molecule has 2 aromatic rings. The summed E-state index contributed by atoms with van der Waals surface area (Å²) in [6, 6.07) is 13.4. The van der Waals surface area contributed by atoms with Crippen LogP contribution in [0.3, 0.4) is 0 Å². The number of carboxylic acids is 1. The number of ether oxygens (including phenoxy) is 1. The standard InChI is InChI=1S/C32H46O3/c1-3-5-7-9-11-13-15-17-25-35-29-22-20-28(21-23-29)31-26-27(19-24-30(31)32(33)34)18-16-14-12-10-8-6-4-2/h16,18-24,26H,3-15,17,25H2,1-2H3,(H,33,34)/b18-16+. The van der Waals surface area contributed by atoms with Gasteiger partial charge in [0, 0.05) is 0 Å². The fraction of sp³-hybridized carbons (Fsp3) is 0.531. The summed E-state index contributed by atoms with van der Waals surface area (Å²) in [5, 5.41) is 9.69. The molecule has 3 nitrogen and oxygen atoms in total. The quantitative estimate of drug-likeness (QED) is 0.204. The summed E-state index contributed by atoms with van der Waals surface area (Å²) in [5.41, 5.74) is 3.01. The van der Waals surface area contributed by atoms with E-state index in [4.69, 9.17) is 4.74 Å². The van der Waals surface area contributed by atoms with Crippen LogP contribution in [0.2, 0.25) is 0 Å². The molecule has 0 aliphatic carbocycles. The normalized spacial score (nSPS) is 11.3. The maximum Gasteiger partial charge on any atom is 0.336 e. The summed E-state index contributed by atoms with van der Waals surface area (Å²) in [5.74, 6) is -0.0610. The van der Waals surface area contributed by atoms with Gasteiger partial charge in [0.05, 0.1) is 12.2 Å². The second-order valence-corrected chi connectivity index (χ2v) is 9.56. The summed E-state index contributed by atoms with van der Waals surface area (Å²) < 4.78 is 5.92. The monoisotopic (exact) mass is 478 g/mol. The lowest BCUT2D eigenvalue weighted by Gasteiger charge is -2.10. The molecule has 2 aromatic carbocycles. The van der Waals surface area contributed by atoms with Crippen molar-refractivity contribution in [1.29, 1.82) is 0 Å². The van der Waals surface area contributed by atoms with E-state index in [2.05, 4.69) is 26.0 Å². The van der Waals surface area contributed by atoms with Crippen LogP contribution < -0.4 is 4.74 Å². The number of benzene rings is 2. The van der Waals surface area contributed by atoms with Crippen molar-refractivity contribution in [3.63, 3.8) is 0 Å². The molecule has 0 bridgehead atoms. The van der Waals surface area contributed by atoms with Gasteiger partial charge in [-0.05, 0) is 60.2 Å². The highest BCUT2D eigenvalue weighted by Gasteiger charge is 2.12. The van der Waals surface area contributed by atoms with Crippen molar-refractivity contribution in [3.05, 3.63) is 59.7 Å². The molecule has 0 saturated heterocycles. The van der Waals surface area contributed by atoms with Gasteiger partial charge in [-0.25, -0.2) is 4.79 Å². The zero-order valence-corrected chi connectivity index (χ0v) is 22.1. The first-order valence-corrected chi connectivity index (χ1v) is 13.9. The fourth-order valence-electron chi connectivity index (χ4n) is 4.33. The van der Waals surface area contributed by atoms with Gasteiger partial charge < -0.3 is 9.84 Å². The minimum Gasteiger partial charge on any atom is -0.494 e. The molecule has 0 spiro atoms. The first kappa shape index (κ1) is 28.7. The number of hydrogen-bond donors (Lipinski definition) is 1. The zero-order chi connectivity index (χ0) is 25.1. The van der Waals surface area contributed by atoms with Crippen molar-refractivity contribution in [1.82, 2.24) is 0 Å². The van der Waals surface area contributed by atoms with Crippen LogP contribution in [0.1, 0.15) is 120 Å². The molecule has 0 radical (unpaired) electrons. The van der Waals surface area contributed by atoms with Crippen molar-refractivity contribution in [3.8, 4) is 16.9 Å². The van der Waals surface area contributed by atoms with Gasteiger partial charge in [0.1, 0.15) is 5.75 Å². The Morgan fingerprint density at radius 3 is 2.00 bits per heavy atom. The smallest absolute Gasteiger partial charge is 0.336 e. The topological polar surface area (TPSA) is 46.5 Å². The van der Waals surface area contributed by atoms with E-state index in [1.807, 2.05) is 36.4 Å². The van der Waals surface area contributed by atoms with Crippen LogP contribution in [0.5, 0.6) is 5.75 Å². The first-order valence-electron chi connectivity index (χ1n) is 13.9. The molecule has 0 heterocycles. The van der Waals surface area contributed by atoms with E-state index < -0.39 is 5.97 Å². The SMILES string of the molecule is CCCCCCC/C=C/c1ccc(C(=O)O)c(-c2ccc(OCCCCCCCCCC)cc2)c1. The van der Waals surface area contributed by atoms with Crippen molar-refractivity contribution in [2.24, 2.45) is 0 Å². The van der Waals surface area contributed by atoms with E-state index >= 15 is 0 Å². The molecule has 0 aliphatic heterocycles. The van der Waals surface area contributed by atoms with Crippen LogP contribution in [0.15, 0.2) is 48.5 Å². The van der Waals surface area contributed by atoms with E-state index in [0.29, 0.717) is 5.56 Å². The minimum absolute atomic E-state index is 0.328. The molecule has 0 aliphatic rings. The highest BCUT2D eigenvalue weighted by molar-refractivity contribution is 5.96. The van der Waals surface area contributed by atoms with E-state index in [1.54, 1.807) is 6.07 Å². The molecule has 1 N–H and O–H groups in total. The first-order chi connectivity index (χ1) is 17.2. The Balaban J connectivity index is 1.87. The number of unbranched alkanes of at least 4 members (excludes halogenated alkanes) is 12. The predicted octanol–water partition coefficient (Wildman–Crippen LogP) is 9.94. The Morgan fingerprint density at radius 2 is 1.37 bits per heavy atom. The van der Waals surface area contributed by atoms with Crippen LogP contribution in [0.25, 0.3) is 17.2 Å². The maximum absolute atomic E-state index is 11.8. The lowest BCUT2D eigenvalue weighted by Crippen LogP contribution is -2.00. The van der Waals surface area contributed by atoms with Gasteiger partial charge in [-0.3, -0.25) is 0 Å². The summed E-state index contributed by atoms with van der Waals surface area (Å²) in [7, 11) is 0. The van der Waals surface area contributed by atoms with Crippen molar-refractivity contribution >= 4 is 12.0 Å². The van der Waals surface area contributed by atoms with E-state index in [1.165, 1.54) is 77.0 Å². The third kappa shape index (κ3) is 11.6. The predicted molar refractivity (Wildman–Crippen MR) is 149 cm³/mol. The molecule has 0 aromatic heterocycles. The highest BCUT2D eigenvalue weighted by atomic mass is 16.5. The van der Waals surface area contributed by atoms with Gasteiger partial charge in [0.2, 0.25) is 0 Å². The molecular formula is C32H46O3. The van der Waals surface area contributed by atoms with Crippen LogP contribution in [-0.4, -0.2) is 17.7 Å². The van der Waals surface area contributed by atoms with Crippen molar-refractivity contribution < 1.29 is 14.6 Å². The second-order valence-electron chi connectivity index (χ2n) is 9.56. The molecular weight excluding hydrogens is 432 g/mol. The summed E-state index contributed by atoms with van der Waals surface area (Å²) in [4.78, 5) is 11.8. The lowest BCUT2D eigenvalue weighted by atomic mass is 9.97. The van der Waals surface area contributed by atoms with Crippen LogP contribution in [-0.2, 0) is 0 Å². The molecule has 192 valence electrons. The molecule has 0 atom stereocenters. The van der Waals surface area contributed by atoms with E-state index in [0.717, 1.165) is 41.9 Å². The molecule has 35 heavy (non-hydrogen) atoms. The van der Waals surface area contributed by atoms with Gasteiger partial charge in [0.25, 0.3) is 0 Å². The number of rotatable bonds is 19. The molecule has 3 heteroatoms. The third-order valence-corrected chi connectivity index (χ3v) is 6.49. The molecule has 0 unspecified atom stereocenters. The summed E-state index contributed by atoms with van der Waals surface area (Å²) in [6.07, 6.45) is 22.0. The van der Waals surface area contributed by atoms with Gasteiger partial charge in [-0.1, -0.05) is 115 Å². The van der Waals surface area contributed by atoms with Crippen molar-refractivity contribution in [2.75, 3.05) is 6.61 Å². The largest absolute Gasteiger partial charge is 0.494 e. The minimum atomic E-state index is -0.901. The fourth-order valence-corrected chi connectivity index (χ4v) is 4.33. The number of aromatic carboxylic acids is 1. The Bertz CT molecular complexity index is 867. The number of carbonyl (C=O) groups is 1. The number of carboxylic acid groups (broad SMARTS) is 1. The third-order valence-electron chi connectivity index (χ3n) is 6.49. The summed E-state index contributed by atoms with van der Waals surface area (Å²) in [6.45, 7) is 5.21. The highest BCUT2D eigenvalue weighted by Crippen LogP contribution is 2.28. The number of hydrogen-bond acceptors (Lipinski definition) is 2. The maximum atomic E-state index is 11.8. The lowest BCUT2D eigenvalue weighted by molar-refractivity contribution is 0.0697.